The summed E-state index contributed by atoms with van der Waals surface area (Å²) in [7, 11) is 0. The zero-order chi connectivity index (χ0) is 62.7. The van der Waals surface area contributed by atoms with Crippen LogP contribution in [0.4, 0.5) is 0 Å². The van der Waals surface area contributed by atoms with E-state index >= 15 is 0 Å². The van der Waals surface area contributed by atoms with Gasteiger partial charge in [0, 0.05) is 110 Å². The van der Waals surface area contributed by atoms with E-state index in [0.717, 1.165) is 88.6 Å². The van der Waals surface area contributed by atoms with Gasteiger partial charge >= 0.3 is 0 Å². The molecule has 0 atom stereocenters. The quantitative estimate of drug-likeness (QED) is 0.152. The molecule has 0 N–H and O–H groups in total. The van der Waals surface area contributed by atoms with Crippen LogP contribution >= 0.6 is 34.0 Å². The maximum Gasteiger partial charge on any atom is 0.237 e. The average molecular weight is 1270 g/mol. The summed E-state index contributed by atoms with van der Waals surface area (Å²) >= 11 is 5.57. The summed E-state index contributed by atoms with van der Waals surface area (Å²) in [6.45, 7) is 0. The van der Waals surface area contributed by atoms with Crippen LogP contribution in [0, 0.1) is 0 Å². The maximum absolute atomic E-state index is 5.77. The Morgan fingerprint density at radius 2 is 0.500 bits per heavy atom. The smallest absolute Gasteiger partial charge is 0.237 e. The van der Waals surface area contributed by atoms with Crippen LogP contribution in [-0.4, -0.2) is 23.7 Å². The van der Waals surface area contributed by atoms with E-state index in [2.05, 4.69) is 323 Å². The van der Waals surface area contributed by atoms with Crippen molar-refractivity contribution in [1.82, 2.24) is 23.7 Å². The summed E-state index contributed by atoms with van der Waals surface area (Å²) < 4.78 is 14.9. The van der Waals surface area contributed by atoms with Gasteiger partial charge in [0.1, 0.15) is 5.82 Å². The van der Waals surface area contributed by atoms with E-state index in [1.165, 1.54) is 105 Å². The largest absolute Gasteiger partial charge is 0.309 e. The molecule has 0 fully saturated rings. The van der Waals surface area contributed by atoms with E-state index in [9.17, 15) is 0 Å². The molecule has 14 aromatic carbocycles. The molecule has 0 amide bonds. The lowest BCUT2D eigenvalue weighted by atomic mass is 10.0. The summed E-state index contributed by atoms with van der Waals surface area (Å²) in [5, 5.41) is 14.9. The van der Waals surface area contributed by atoms with E-state index in [-0.39, 0.29) is 0 Å². The van der Waals surface area contributed by atoms with Crippen molar-refractivity contribution < 1.29 is 0 Å². The van der Waals surface area contributed by atoms with Crippen LogP contribution in [0.15, 0.2) is 309 Å². The lowest BCUT2D eigenvalue weighted by Gasteiger charge is -2.15. The fraction of sp³-hybridized carbons (Fsp3) is 0. The molecular formula is C88H51N5S3. The Morgan fingerprint density at radius 1 is 0.198 bits per heavy atom. The number of para-hydroxylation sites is 3. The highest BCUT2D eigenvalue weighted by molar-refractivity contribution is 7.26. The van der Waals surface area contributed by atoms with Crippen molar-refractivity contribution in [1.29, 1.82) is 0 Å². The van der Waals surface area contributed by atoms with E-state index in [0.29, 0.717) is 5.95 Å². The van der Waals surface area contributed by atoms with Gasteiger partial charge in [-0.25, -0.2) is 4.98 Å². The van der Waals surface area contributed by atoms with Gasteiger partial charge in [0.2, 0.25) is 5.95 Å². The Bertz CT molecular complexity index is 6580. The standard InChI is InChI=1S/C88H51N5S3/c1-7-19-75-62(13-1)65-39-31-55(58-34-42-71-68-16-4-10-22-81(68)94-84(71)48-58)45-78(65)91(75)61-37-29-53(30-38-61)52-25-27-54(28-26-52)74-51-87(92-76-20-8-2-14-63(76)66-40-32-56(46-79(66)92)59-35-43-72-69-17-5-11-23-82(69)95-85(72)49-59)90-88(89-74)93-77-21-9-3-15-64(77)67-41-33-57(47-80(67)93)60-36-44-73-70-18-6-12-24-83(70)96-86(73)50-60/h1-51H. The zero-order valence-electron chi connectivity index (χ0n) is 51.4. The van der Waals surface area contributed by atoms with Crippen LogP contribution in [0.25, 0.3) is 199 Å². The summed E-state index contributed by atoms with van der Waals surface area (Å²) in [6, 6.07) is 114. The van der Waals surface area contributed by atoms with Gasteiger partial charge in [0.15, 0.2) is 0 Å². The van der Waals surface area contributed by atoms with Crippen LogP contribution in [0.5, 0.6) is 0 Å². The molecule has 0 aliphatic heterocycles. The fourth-order valence-electron chi connectivity index (χ4n) is 15.3. The minimum Gasteiger partial charge on any atom is -0.309 e. The third-order valence-corrected chi connectivity index (χ3v) is 23.3. The normalized spacial score (nSPS) is 12.2. The number of thiophene rings is 3. The number of rotatable bonds is 8. The molecule has 21 rings (SSSR count). The molecule has 0 unspecified atom stereocenters. The topological polar surface area (TPSA) is 40.6 Å². The molecule has 0 bridgehead atoms. The Labute approximate surface area is 562 Å². The highest BCUT2D eigenvalue weighted by Crippen LogP contribution is 2.44. The van der Waals surface area contributed by atoms with Crippen LogP contribution in [-0.2, 0) is 0 Å². The molecule has 8 heteroatoms. The first-order valence-corrected chi connectivity index (χ1v) is 34.9. The molecule has 5 nitrogen and oxygen atoms in total. The predicted octanol–water partition coefficient (Wildman–Crippen LogP) is 25.2. The number of benzene rings is 14. The van der Waals surface area contributed by atoms with Crippen molar-refractivity contribution in [2.45, 2.75) is 0 Å². The minimum atomic E-state index is 0.595. The molecule has 0 aliphatic carbocycles. The molecule has 7 aromatic heterocycles. The predicted molar refractivity (Wildman–Crippen MR) is 411 cm³/mol. The molecule has 0 saturated carbocycles. The van der Waals surface area contributed by atoms with Crippen molar-refractivity contribution in [3.63, 3.8) is 0 Å². The minimum absolute atomic E-state index is 0.595. The molecule has 0 saturated heterocycles. The summed E-state index contributed by atoms with van der Waals surface area (Å²) in [4.78, 5) is 11.4. The van der Waals surface area contributed by atoms with Gasteiger partial charge in [0.25, 0.3) is 0 Å². The fourth-order valence-corrected chi connectivity index (χ4v) is 18.8. The molecule has 0 aliphatic rings. The van der Waals surface area contributed by atoms with Crippen molar-refractivity contribution >= 4 is 160 Å². The Balaban J connectivity index is 0.705. The Morgan fingerprint density at radius 3 is 0.948 bits per heavy atom. The van der Waals surface area contributed by atoms with Crippen molar-refractivity contribution in [3.05, 3.63) is 309 Å². The lowest BCUT2D eigenvalue weighted by molar-refractivity contribution is 0.952. The van der Waals surface area contributed by atoms with E-state index < -0.39 is 0 Å². The van der Waals surface area contributed by atoms with Crippen LogP contribution < -0.4 is 0 Å². The van der Waals surface area contributed by atoms with E-state index in [1.807, 2.05) is 34.0 Å². The van der Waals surface area contributed by atoms with Crippen molar-refractivity contribution in [2.24, 2.45) is 0 Å². The Kier molecular flexibility index (Phi) is 11.7. The monoisotopic (exact) mass is 1270 g/mol. The SMILES string of the molecule is c1ccc2c(c1)sc1cc(-c3ccc4c5ccccc5n(-c5ccc(-c6ccc(-c7cc(-n8c9ccccc9c9ccc(-c%10ccc%11c(c%10)sc%10ccccc%10%11)cc98)nc(-n8c9ccccc9c9ccc(-c%10ccc%11c(c%10)sc%10ccccc%10%11)cc98)n7)cc6)cc5)c4c3)ccc12. The molecule has 446 valence electrons. The van der Waals surface area contributed by atoms with Gasteiger partial charge in [-0.05, 0) is 129 Å². The second kappa shape index (κ2) is 20.9. The molecule has 0 radical (unpaired) electrons. The van der Waals surface area contributed by atoms with Crippen molar-refractivity contribution in [2.75, 3.05) is 0 Å². The summed E-state index contributed by atoms with van der Waals surface area (Å²) in [5.41, 5.74) is 18.8. The first-order chi connectivity index (χ1) is 47.5. The van der Waals surface area contributed by atoms with Gasteiger partial charge in [-0.2, -0.15) is 4.98 Å². The Hall–Kier alpha value is -11.8. The second-order valence-electron chi connectivity index (χ2n) is 25.2. The number of fused-ring (bicyclic) bond motifs is 18. The summed E-state index contributed by atoms with van der Waals surface area (Å²) in [5.74, 6) is 1.38. The number of aromatic nitrogens is 5. The van der Waals surface area contributed by atoms with Crippen LogP contribution in [0.1, 0.15) is 0 Å². The molecule has 0 spiro atoms. The van der Waals surface area contributed by atoms with E-state index in [1.54, 1.807) is 0 Å². The third-order valence-electron chi connectivity index (χ3n) is 19.9. The van der Waals surface area contributed by atoms with Crippen molar-refractivity contribution in [3.8, 4) is 73.2 Å². The summed E-state index contributed by atoms with van der Waals surface area (Å²) in [6.07, 6.45) is 0. The molecular weight excluding hydrogens is 1220 g/mol. The second-order valence-corrected chi connectivity index (χ2v) is 28.5. The van der Waals surface area contributed by atoms with E-state index in [4.69, 9.17) is 9.97 Å². The number of nitrogens with zero attached hydrogens (tertiary/aromatic N) is 5. The first kappa shape index (κ1) is 53.7. The highest BCUT2D eigenvalue weighted by atomic mass is 32.1. The van der Waals surface area contributed by atoms with Gasteiger partial charge in [-0.3, -0.25) is 9.13 Å². The number of hydrogen-bond donors (Lipinski definition) is 0. The zero-order valence-corrected chi connectivity index (χ0v) is 53.9. The molecule has 96 heavy (non-hydrogen) atoms. The molecule has 21 aromatic rings. The average Bonchev–Trinajstić information content (AvgIpc) is 1.62. The lowest BCUT2D eigenvalue weighted by Crippen LogP contribution is -2.07. The molecule has 7 heterocycles. The highest BCUT2D eigenvalue weighted by Gasteiger charge is 2.23. The van der Waals surface area contributed by atoms with Gasteiger partial charge in [-0.1, -0.05) is 218 Å². The maximum atomic E-state index is 5.77. The first-order valence-electron chi connectivity index (χ1n) is 32.5. The van der Waals surface area contributed by atoms with Crippen LogP contribution in [0.2, 0.25) is 0 Å². The number of hydrogen-bond acceptors (Lipinski definition) is 5. The van der Waals surface area contributed by atoms with Crippen LogP contribution in [0.3, 0.4) is 0 Å². The third kappa shape index (κ3) is 8.26. The van der Waals surface area contributed by atoms with Gasteiger partial charge < -0.3 is 4.57 Å². The van der Waals surface area contributed by atoms with Gasteiger partial charge in [-0.15, -0.1) is 34.0 Å². The van der Waals surface area contributed by atoms with Gasteiger partial charge in [0.05, 0.1) is 38.8 Å².